The minimum atomic E-state index is -0.124. The number of rotatable bonds is 7. The Labute approximate surface area is 186 Å². The third-order valence-electron chi connectivity index (χ3n) is 5.24. The van der Waals surface area contributed by atoms with Crippen molar-refractivity contribution in [3.8, 4) is 0 Å². The molecule has 0 saturated carbocycles. The van der Waals surface area contributed by atoms with E-state index in [4.69, 9.17) is 9.72 Å². The molecule has 2 rings (SSSR count). The molecule has 1 aromatic carbocycles. The van der Waals surface area contributed by atoms with Gasteiger partial charge in [-0.15, -0.1) is 0 Å². The first-order valence-electron chi connectivity index (χ1n) is 11.0. The van der Waals surface area contributed by atoms with E-state index in [1.807, 2.05) is 32.1 Å². The van der Waals surface area contributed by atoms with E-state index in [0.29, 0.717) is 12.1 Å². The number of pyridine rings is 1. The van der Waals surface area contributed by atoms with Gasteiger partial charge in [-0.25, -0.2) is 0 Å². The molecule has 1 N–H and O–H groups in total. The van der Waals surface area contributed by atoms with E-state index in [9.17, 15) is 4.79 Å². The summed E-state index contributed by atoms with van der Waals surface area (Å²) in [6.45, 7) is 13.0. The van der Waals surface area contributed by atoms with Crippen molar-refractivity contribution in [2.75, 3.05) is 7.11 Å². The fourth-order valence-corrected chi connectivity index (χ4v) is 3.24. The highest BCUT2D eigenvalue weighted by atomic mass is 16.5. The minimum Gasteiger partial charge on any atom is -0.497 e. The van der Waals surface area contributed by atoms with Gasteiger partial charge in [-0.05, 0) is 55.0 Å². The first-order chi connectivity index (χ1) is 14.7. The standard InChI is InChI=1S/C27H36N2O2/c1-8-10-11-25-21(16-23(9-2)31-7)17-24(19(3)29-25)26(30)28-18-20-12-14-22(15-13-20)27(4,5)6/h9,11-17H,8,10,18H2,1-7H3,(H,28,30). The fourth-order valence-electron chi connectivity index (χ4n) is 3.24. The van der Waals surface area contributed by atoms with Gasteiger partial charge >= 0.3 is 0 Å². The van der Waals surface area contributed by atoms with Crippen LogP contribution < -0.4 is 15.9 Å². The third kappa shape index (κ3) is 6.81. The second-order valence-electron chi connectivity index (χ2n) is 8.76. The minimum absolute atomic E-state index is 0.113. The maximum Gasteiger partial charge on any atom is 0.253 e. The summed E-state index contributed by atoms with van der Waals surface area (Å²) >= 11 is 0. The summed E-state index contributed by atoms with van der Waals surface area (Å²) in [6.07, 6.45) is 7.90. The van der Waals surface area contributed by atoms with E-state index in [2.05, 4.69) is 63.4 Å². The Balaban J connectivity index is 2.31. The molecule has 0 aliphatic carbocycles. The molecule has 0 aliphatic rings. The number of hydrogen-bond acceptors (Lipinski definition) is 3. The molecular formula is C27H36N2O2. The lowest BCUT2D eigenvalue weighted by atomic mass is 9.87. The Bertz CT molecular complexity index is 1040. The molecule has 1 heterocycles. The van der Waals surface area contributed by atoms with E-state index in [1.54, 1.807) is 7.11 Å². The summed E-state index contributed by atoms with van der Waals surface area (Å²) < 4.78 is 5.40. The molecule has 2 aromatic rings. The summed E-state index contributed by atoms with van der Waals surface area (Å²) in [7, 11) is 1.64. The lowest BCUT2D eigenvalue weighted by molar-refractivity contribution is 0.0949. The number of aryl methyl sites for hydroxylation is 1. The number of methoxy groups -OCH3 is 1. The molecule has 0 fully saturated rings. The van der Waals surface area contributed by atoms with E-state index >= 15 is 0 Å². The lowest BCUT2D eigenvalue weighted by Crippen LogP contribution is -2.33. The summed E-state index contributed by atoms with van der Waals surface area (Å²) in [6, 6.07) is 10.3. The first-order valence-corrected chi connectivity index (χ1v) is 11.0. The van der Waals surface area contributed by atoms with Gasteiger partial charge in [-0.1, -0.05) is 64.5 Å². The van der Waals surface area contributed by atoms with Gasteiger partial charge in [0.05, 0.1) is 23.7 Å². The van der Waals surface area contributed by atoms with Crippen LogP contribution in [0, 0.1) is 6.92 Å². The molecule has 0 atom stereocenters. The van der Waals surface area contributed by atoms with E-state index in [1.165, 1.54) is 5.56 Å². The van der Waals surface area contributed by atoms with Crippen LogP contribution in [0.25, 0.3) is 12.2 Å². The molecule has 4 heteroatoms. The van der Waals surface area contributed by atoms with Gasteiger partial charge in [0.15, 0.2) is 0 Å². The van der Waals surface area contributed by atoms with Crippen LogP contribution in [0.1, 0.15) is 74.6 Å². The third-order valence-corrected chi connectivity index (χ3v) is 5.24. The number of nitrogens with zero attached hydrogens (tertiary/aromatic N) is 1. The van der Waals surface area contributed by atoms with Crippen LogP contribution in [-0.2, 0) is 16.7 Å². The molecule has 0 unspecified atom stereocenters. The van der Waals surface area contributed by atoms with Crippen molar-refractivity contribution in [3.63, 3.8) is 0 Å². The highest BCUT2D eigenvalue weighted by Crippen LogP contribution is 2.22. The molecule has 1 amide bonds. The monoisotopic (exact) mass is 420 g/mol. The maximum atomic E-state index is 12.9. The summed E-state index contributed by atoms with van der Waals surface area (Å²) in [5.41, 5.74) is 3.77. The number of unbranched alkanes of at least 4 members (excludes halogenated alkanes) is 1. The Hall–Kier alpha value is -2.88. The van der Waals surface area contributed by atoms with E-state index < -0.39 is 0 Å². The number of benzene rings is 1. The lowest BCUT2D eigenvalue weighted by Gasteiger charge is -2.19. The Kier molecular flexibility index (Phi) is 8.61. The van der Waals surface area contributed by atoms with Crippen LogP contribution in [0.3, 0.4) is 0 Å². The van der Waals surface area contributed by atoms with Crippen molar-refractivity contribution in [2.45, 2.75) is 66.3 Å². The van der Waals surface area contributed by atoms with Crippen molar-refractivity contribution in [1.82, 2.24) is 10.3 Å². The second-order valence-corrected chi connectivity index (χ2v) is 8.76. The van der Waals surface area contributed by atoms with Gasteiger partial charge in [0.2, 0.25) is 0 Å². The number of allylic oxidation sites excluding steroid dienone is 2. The number of ether oxygens (including phenoxy) is 1. The van der Waals surface area contributed by atoms with Gasteiger partial charge in [0.25, 0.3) is 5.91 Å². The summed E-state index contributed by atoms with van der Waals surface area (Å²) in [5, 5.41) is 4.80. The van der Waals surface area contributed by atoms with Crippen LogP contribution >= 0.6 is 0 Å². The molecule has 0 aliphatic heterocycles. The smallest absolute Gasteiger partial charge is 0.253 e. The largest absolute Gasteiger partial charge is 0.497 e. The highest BCUT2D eigenvalue weighted by molar-refractivity contribution is 5.95. The predicted molar refractivity (Wildman–Crippen MR) is 129 cm³/mol. The average Bonchev–Trinajstić information content (AvgIpc) is 2.74. The molecule has 0 spiro atoms. The van der Waals surface area contributed by atoms with Crippen molar-refractivity contribution in [3.05, 3.63) is 75.1 Å². The van der Waals surface area contributed by atoms with Crippen LogP contribution in [0.15, 0.2) is 42.2 Å². The Morgan fingerprint density at radius 2 is 1.87 bits per heavy atom. The molecule has 166 valence electrons. The number of carbonyl (C=O) groups is 1. The quantitative estimate of drug-likeness (QED) is 0.670. The maximum absolute atomic E-state index is 12.9. The Morgan fingerprint density at radius 1 is 1.19 bits per heavy atom. The highest BCUT2D eigenvalue weighted by Gasteiger charge is 2.14. The average molecular weight is 421 g/mol. The van der Waals surface area contributed by atoms with Crippen molar-refractivity contribution >= 4 is 18.1 Å². The van der Waals surface area contributed by atoms with Crippen LogP contribution in [0.4, 0.5) is 0 Å². The van der Waals surface area contributed by atoms with Crippen LogP contribution in [-0.4, -0.2) is 18.0 Å². The van der Waals surface area contributed by atoms with Gasteiger partial charge in [0.1, 0.15) is 5.76 Å². The van der Waals surface area contributed by atoms with Gasteiger partial charge in [-0.2, -0.15) is 0 Å². The SMILES string of the molecule is CC=C(C=c1cc(C(=O)NCc2ccc(C(C)(C)C)cc2)c(C)nc1=CCCC)OC. The number of hydrogen-bond donors (Lipinski definition) is 1. The molecular weight excluding hydrogens is 384 g/mol. The number of nitrogens with one attached hydrogen (secondary N) is 1. The zero-order chi connectivity index (χ0) is 23.0. The molecule has 31 heavy (non-hydrogen) atoms. The van der Waals surface area contributed by atoms with Gasteiger partial charge < -0.3 is 10.1 Å². The van der Waals surface area contributed by atoms with E-state index in [-0.39, 0.29) is 11.3 Å². The topological polar surface area (TPSA) is 51.2 Å². The first kappa shape index (κ1) is 24.4. The molecule has 1 aromatic heterocycles. The predicted octanol–water partition coefficient (Wildman–Crippen LogP) is 4.53. The van der Waals surface area contributed by atoms with Gasteiger partial charge in [-0.3, -0.25) is 9.78 Å². The van der Waals surface area contributed by atoms with Crippen molar-refractivity contribution in [2.24, 2.45) is 0 Å². The Morgan fingerprint density at radius 3 is 2.42 bits per heavy atom. The van der Waals surface area contributed by atoms with Crippen molar-refractivity contribution in [1.29, 1.82) is 0 Å². The number of amides is 1. The van der Waals surface area contributed by atoms with Crippen LogP contribution in [0.2, 0.25) is 0 Å². The summed E-state index contributed by atoms with van der Waals surface area (Å²) in [5.74, 6) is 0.614. The van der Waals surface area contributed by atoms with Crippen LogP contribution in [0.5, 0.6) is 0 Å². The van der Waals surface area contributed by atoms with Crippen molar-refractivity contribution < 1.29 is 9.53 Å². The second kappa shape index (κ2) is 10.9. The number of carbonyl (C=O) groups excluding carboxylic acids is 1. The fraction of sp³-hybridized carbons (Fsp3) is 0.407. The zero-order valence-corrected chi connectivity index (χ0v) is 20.0. The summed E-state index contributed by atoms with van der Waals surface area (Å²) in [4.78, 5) is 17.7. The number of aromatic nitrogens is 1. The molecule has 0 radical (unpaired) electrons. The van der Waals surface area contributed by atoms with E-state index in [0.717, 1.165) is 40.4 Å². The normalized spacial score (nSPS) is 13.5. The molecule has 0 saturated heterocycles. The zero-order valence-electron chi connectivity index (χ0n) is 20.0. The molecule has 4 nitrogen and oxygen atoms in total. The molecule has 0 bridgehead atoms. The van der Waals surface area contributed by atoms with Gasteiger partial charge in [0, 0.05) is 11.8 Å².